The fourth-order valence-electron chi connectivity index (χ4n) is 2.90. The van der Waals surface area contributed by atoms with E-state index in [1.165, 1.54) is 10.9 Å². The molecule has 0 spiro atoms. The molecule has 4 heteroatoms. The molecule has 1 aromatic carbocycles. The van der Waals surface area contributed by atoms with E-state index in [1.807, 2.05) is 0 Å². The average molecular weight is 286 g/mol. The van der Waals surface area contributed by atoms with Gasteiger partial charge in [0.05, 0.1) is 0 Å². The molecule has 1 aliphatic rings. The van der Waals surface area contributed by atoms with Crippen molar-refractivity contribution >= 4 is 16.8 Å². The summed E-state index contributed by atoms with van der Waals surface area (Å²) in [7, 11) is 0. The Labute approximate surface area is 125 Å². The van der Waals surface area contributed by atoms with Crippen LogP contribution in [0.2, 0.25) is 0 Å². The molecule has 3 rings (SSSR count). The number of para-hydroxylation sites is 1. The van der Waals surface area contributed by atoms with Crippen molar-refractivity contribution in [1.29, 1.82) is 0 Å². The summed E-state index contributed by atoms with van der Waals surface area (Å²) in [6, 6.07) is 10.5. The Morgan fingerprint density at radius 2 is 2.05 bits per heavy atom. The number of carbonyl (C=O) groups excluding carboxylic acids is 1. The van der Waals surface area contributed by atoms with E-state index in [0.717, 1.165) is 32.4 Å². The lowest BCUT2D eigenvalue weighted by molar-refractivity contribution is -0.127. The normalized spacial score (nSPS) is 16.2. The van der Waals surface area contributed by atoms with E-state index in [2.05, 4.69) is 46.4 Å². The minimum absolute atomic E-state index is 0.145. The Balaban J connectivity index is 1.44. The van der Waals surface area contributed by atoms with Crippen LogP contribution >= 0.6 is 0 Å². The number of aryl methyl sites for hydroxylation is 1. The van der Waals surface area contributed by atoms with Crippen LogP contribution in [0, 0.1) is 5.92 Å². The van der Waals surface area contributed by atoms with Gasteiger partial charge in [-0.15, -0.1) is 0 Å². The molecule has 0 aliphatic carbocycles. The summed E-state index contributed by atoms with van der Waals surface area (Å²) in [6.07, 6.45) is 4.78. The van der Waals surface area contributed by atoms with Crippen molar-refractivity contribution in [3.8, 4) is 0 Å². The molecule has 2 heterocycles. The smallest absolute Gasteiger partial charge is 0.223 e. The third-order valence-corrected chi connectivity index (χ3v) is 4.15. The number of hydrogen-bond acceptors (Lipinski definition) is 2. The number of aromatic nitrogens is 1. The SMILES string of the molecule is O=C(NCCCn1ccc2ccccc21)C1CCOCC1. The molecule has 1 saturated heterocycles. The monoisotopic (exact) mass is 286 g/mol. The third-order valence-electron chi connectivity index (χ3n) is 4.15. The van der Waals surface area contributed by atoms with Crippen molar-refractivity contribution in [2.45, 2.75) is 25.8 Å². The van der Waals surface area contributed by atoms with Crippen LogP contribution in [-0.4, -0.2) is 30.2 Å². The van der Waals surface area contributed by atoms with Crippen molar-refractivity contribution in [3.63, 3.8) is 0 Å². The zero-order valence-electron chi connectivity index (χ0n) is 12.3. The minimum atomic E-state index is 0.145. The summed E-state index contributed by atoms with van der Waals surface area (Å²) < 4.78 is 7.53. The molecule has 1 amide bonds. The summed E-state index contributed by atoms with van der Waals surface area (Å²) in [5, 5.41) is 4.32. The van der Waals surface area contributed by atoms with Crippen molar-refractivity contribution in [2.24, 2.45) is 5.92 Å². The van der Waals surface area contributed by atoms with Crippen molar-refractivity contribution in [3.05, 3.63) is 36.5 Å². The van der Waals surface area contributed by atoms with Crippen LogP contribution in [0.3, 0.4) is 0 Å². The van der Waals surface area contributed by atoms with Crippen LogP contribution in [0.5, 0.6) is 0 Å². The van der Waals surface area contributed by atoms with Crippen molar-refractivity contribution in [1.82, 2.24) is 9.88 Å². The van der Waals surface area contributed by atoms with Crippen molar-refractivity contribution < 1.29 is 9.53 Å². The van der Waals surface area contributed by atoms with Gasteiger partial charge in [0.2, 0.25) is 5.91 Å². The summed E-state index contributed by atoms with van der Waals surface area (Å²) >= 11 is 0. The van der Waals surface area contributed by atoms with Crippen LogP contribution in [0.25, 0.3) is 10.9 Å². The van der Waals surface area contributed by atoms with E-state index in [4.69, 9.17) is 4.74 Å². The van der Waals surface area contributed by atoms with Gasteiger partial charge in [-0.1, -0.05) is 18.2 Å². The number of hydrogen-bond donors (Lipinski definition) is 1. The number of benzene rings is 1. The third kappa shape index (κ3) is 3.45. The summed E-state index contributed by atoms with van der Waals surface area (Å²) in [5.74, 6) is 0.335. The Morgan fingerprint density at radius 1 is 1.24 bits per heavy atom. The minimum Gasteiger partial charge on any atom is -0.381 e. The first kappa shape index (κ1) is 14.1. The van der Waals surface area contributed by atoms with Gasteiger partial charge in [-0.2, -0.15) is 0 Å². The highest BCUT2D eigenvalue weighted by Gasteiger charge is 2.20. The van der Waals surface area contributed by atoms with Gasteiger partial charge in [-0.05, 0) is 36.8 Å². The predicted molar refractivity (Wildman–Crippen MR) is 83.1 cm³/mol. The Bertz CT molecular complexity index is 600. The molecule has 0 atom stereocenters. The molecule has 0 radical (unpaired) electrons. The average Bonchev–Trinajstić information content (AvgIpc) is 2.95. The molecule has 0 unspecified atom stereocenters. The molecule has 0 saturated carbocycles. The molecular formula is C17H22N2O2. The summed E-state index contributed by atoms with van der Waals surface area (Å²) in [4.78, 5) is 12.0. The van der Waals surface area contributed by atoms with Crippen LogP contribution in [0.4, 0.5) is 0 Å². The first-order valence-electron chi connectivity index (χ1n) is 7.74. The van der Waals surface area contributed by atoms with Gasteiger partial charge in [-0.25, -0.2) is 0 Å². The molecule has 1 fully saturated rings. The number of amides is 1. The lowest BCUT2D eigenvalue weighted by atomic mass is 9.99. The first-order chi connectivity index (χ1) is 10.3. The van der Waals surface area contributed by atoms with E-state index in [0.29, 0.717) is 13.2 Å². The Hall–Kier alpha value is -1.81. The van der Waals surface area contributed by atoms with Crippen LogP contribution in [0.15, 0.2) is 36.5 Å². The Kier molecular flexibility index (Phi) is 4.55. The van der Waals surface area contributed by atoms with Crippen LogP contribution in [0.1, 0.15) is 19.3 Å². The van der Waals surface area contributed by atoms with Gasteiger partial charge < -0.3 is 14.6 Å². The maximum Gasteiger partial charge on any atom is 0.223 e. The standard InChI is InChI=1S/C17H22N2O2/c20-17(15-7-12-21-13-8-15)18-9-3-10-19-11-6-14-4-1-2-5-16(14)19/h1-2,4-6,11,15H,3,7-10,12-13H2,(H,18,20). The number of nitrogens with zero attached hydrogens (tertiary/aromatic N) is 1. The molecule has 1 aliphatic heterocycles. The van der Waals surface area contributed by atoms with E-state index in [1.54, 1.807) is 0 Å². The molecule has 2 aromatic rings. The molecule has 112 valence electrons. The highest BCUT2D eigenvalue weighted by molar-refractivity contribution is 5.80. The van der Waals surface area contributed by atoms with E-state index in [9.17, 15) is 4.79 Å². The van der Waals surface area contributed by atoms with E-state index >= 15 is 0 Å². The second-order valence-corrected chi connectivity index (χ2v) is 5.60. The summed E-state index contributed by atoms with van der Waals surface area (Å²) in [6.45, 7) is 3.10. The second-order valence-electron chi connectivity index (χ2n) is 5.60. The first-order valence-corrected chi connectivity index (χ1v) is 7.74. The molecule has 4 nitrogen and oxygen atoms in total. The highest BCUT2D eigenvalue weighted by atomic mass is 16.5. The molecule has 1 aromatic heterocycles. The lowest BCUT2D eigenvalue weighted by Gasteiger charge is -2.21. The number of nitrogens with one attached hydrogen (secondary N) is 1. The van der Waals surface area contributed by atoms with Crippen LogP contribution < -0.4 is 5.32 Å². The molecule has 1 N–H and O–H groups in total. The highest BCUT2D eigenvalue weighted by Crippen LogP contribution is 2.16. The number of carbonyl (C=O) groups is 1. The quantitative estimate of drug-likeness (QED) is 0.859. The van der Waals surface area contributed by atoms with Gasteiger partial charge in [0.1, 0.15) is 0 Å². The van der Waals surface area contributed by atoms with E-state index < -0.39 is 0 Å². The largest absolute Gasteiger partial charge is 0.381 e. The fraction of sp³-hybridized carbons (Fsp3) is 0.471. The number of rotatable bonds is 5. The maximum absolute atomic E-state index is 12.0. The molecule has 21 heavy (non-hydrogen) atoms. The second kappa shape index (κ2) is 6.76. The number of ether oxygens (including phenoxy) is 1. The lowest BCUT2D eigenvalue weighted by Crippen LogP contribution is -2.35. The topological polar surface area (TPSA) is 43.3 Å². The molecule has 0 bridgehead atoms. The van der Waals surface area contributed by atoms with Gasteiger partial charge in [0.25, 0.3) is 0 Å². The van der Waals surface area contributed by atoms with Crippen molar-refractivity contribution in [2.75, 3.05) is 19.8 Å². The van der Waals surface area contributed by atoms with Gasteiger partial charge in [-0.3, -0.25) is 4.79 Å². The van der Waals surface area contributed by atoms with Gasteiger partial charge >= 0.3 is 0 Å². The van der Waals surface area contributed by atoms with Gasteiger partial charge in [0.15, 0.2) is 0 Å². The molecular weight excluding hydrogens is 264 g/mol. The number of fused-ring (bicyclic) bond motifs is 1. The predicted octanol–water partition coefficient (Wildman–Crippen LogP) is 2.57. The van der Waals surface area contributed by atoms with Gasteiger partial charge in [0, 0.05) is 43.9 Å². The zero-order chi connectivity index (χ0) is 14.5. The Morgan fingerprint density at radius 3 is 2.90 bits per heavy atom. The summed E-state index contributed by atoms with van der Waals surface area (Å²) in [5.41, 5.74) is 1.26. The van der Waals surface area contributed by atoms with Crippen LogP contribution in [-0.2, 0) is 16.1 Å². The maximum atomic E-state index is 12.0. The zero-order valence-corrected chi connectivity index (χ0v) is 12.3. The van der Waals surface area contributed by atoms with E-state index in [-0.39, 0.29) is 11.8 Å². The fourth-order valence-corrected chi connectivity index (χ4v) is 2.90.